The summed E-state index contributed by atoms with van der Waals surface area (Å²) >= 11 is 0. The number of ether oxygens (including phenoxy) is 1. The van der Waals surface area contributed by atoms with Crippen molar-refractivity contribution < 1.29 is 9.53 Å². The van der Waals surface area contributed by atoms with Crippen molar-refractivity contribution in [2.24, 2.45) is 13.0 Å². The van der Waals surface area contributed by atoms with Crippen LogP contribution in [0.3, 0.4) is 0 Å². The summed E-state index contributed by atoms with van der Waals surface area (Å²) in [4.78, 5) is 13.0. The van der Waals surface area contributed by atoms with E-state index >= 15 is 0 Å². The topological polar surface area (TPSA) is 49.1 Å². The van der Waals surface area contributed by atoms with Crippen LogP contribution in [-0.4, -0.2) is 20.1 Å². The lowest BCUT2D eigenvalue weighted by Gasteiger charge is -2.13. The van der Waals surface area contributed by atoms with Crippen molar-refractivity contribution in [2.75, 3.05) is 0 Å². The average Bonchev–Trinajstić information content (AvgIpc) is 3.16. The minimum atomic E-state index is -0.00192. The van der Waals surface area contributed by atoms with Gasteiger partial charge in [0.15, 0.2) is 5.78 Å². The van der Waals surface area contributed by atoms with Gasteiger partial charge in [-0.1, -0.05) is 30.3 Å². The van der Waals surface area contributed by atoms with E-state index in [1.54, 1.807) is 0 Å². The number of hydrogen-bond acceptors (Lipinski definition) is 3. The van der Waals surface area contributed by atoms with Gasteiger partial charge in [-0.3, -0.25) is 9.48 Å². The molecule has 0 saturated heterocycles. The van der Waals surface area contributed by atoms with Crippen LogP contribution in [0.1, 0.15) is 40.3 Å². The maximum absolute atomic E-state index is 13.0. The largest absolute Gasteiger partial charge is 0.472 e. The van der Waals surface area contributed by atoms with Gasteiger partial charge in [-0.25, -0.2) is 0 Å². The molecule has 0 bridgehead atoms. The Bertz CT molecular complexity index is 940. The van der Waals surface area contributed by atoms with Gasteiger partial charge in [0.25, 0.3) is 0 Å². The van der Waals surface area contributed by atoms with Crippen LogP contribution in [0, 0.1) is 12.8 Å². The van der Waals surface area contributed by atoms with Crippen LogP contribution in [0.5, 0.6) is 5.88 Å². The Balaban J connectivity index is 1.48. The number of hydrogen-bond donors (Lipinski definition) is 0. The number of aromatic nitrogens is 3. The molecule has 27 heavy (non-hydrogen) atoms. The van der Waals surface area contributed by atoms with E-state index < -0.39 is 0 Å². The predicted molar refractivity (Wildman–Crippen MR) is 104 cm³/mol. The molecule has 1 atom stereocenters. The van der Waals surface area contributed by atoms with E-state index in [2.05, 4.69) is 5.10 Å². The van der Waals surface area contributed by atoms with Crippen LogP contribution in [0.15, 0.2) is 48.5 Å². The molecule has 1 unspecified atom stereocenters. The van der Waals surface area contributed by atoms with Crippen LogP contribution in [-0.2, 0) is 26.6 Å². The molecule has 4 rings (SSSR count). The molecule has 0 fully saturated rings. The molecule has 0 aliphatic carbocycles. The fraction of sp³-hybridized carbons (Fsp3) is 0.364. The van der Waals surface area contributed by atoms with E-state index in [9.17, 15) is 4.79 Å². The fourth-order valence-corrected chi connectivity index (χ4v) is 3.72. The number of aryl methyl sites for hydroxylation is 2. The number of nitrogens with zero attached hydrogens (tertiary/aromatic N) is 3. The zero-order chi connectivity index (χ0) is 18.8. The lowest BCUT2D eigenvalue weighted by atomic mass is 9.92. The smallest absolute Gasteiger partial charge is 0.233 e. The number of carbonyl (C=O) groups is 1. The summed E-state index contributed by atoms with van der Waals surface area (Å²) in [7, 11) is 1.96. The van der Waals surface area contributed by atoms with E-state index in [1.165, 1.54) is 0 Å². The summed E-state index contributed by atoms with van der Waals surface area (Å²) in [5.41, 5.74) is 4.10. The highest BCUT2D eigenvalue weighted by atomic mass is 16.5. The standard InChI is InChI=1S/C22H25N3O2/c1-16-10-11-20(24(16)2)22(26)18-9-6-12-25-19(13-18)14-21(23-25)27-15-17-7-4-3-5-8-17/h3-5,7-8,10-11,14,18H,6,9,12-13,15H2,1-2H3. The molecule has 5 heteroatoms. The van der Waals surface area contributed by atoms with E-state index in [4.69, 9.17) is 4.74 Å². The molecule has 0 spiro atoms. The summed E-state index contributed by atoms with van der Waals surface area (Å²) in [5, 5.41) is 4.59. The summed E-state index contributed by atoms with van der Waals surface area (Å²) in [6.07, 6.45) is 2.56. The first-order valence-electron chi connectivity index (χ1n) is 9.52. The highest BCUT2D eigenvalue weighted by molar-refractivity contribution is 5.96. The normalized spacial score (nSPS) is 16.6. The minimum Gasteiger partial charge on any atom is -0.472 e. The monoisotopic (exact) mass is 363 g/mol. The van der Waals surface area contributed by atoms with Gasteiger partial charge in [0, 0.05) is 37.0 Å². The van der Waals surface area contributed by atoms with Gasteiger partial charge in [0.05, 0.1) is 5.69 Å². The molecule has 3 heterocycles. The van der Waals surface area contributed by atoms with Gasteiger partial charge in [0.1, 0.15) is 6.61 Å². The van der Waals surface area contributed by atoms with Gasteiger partial charge in [0.2, 0.25) is 5.88 Å². The molecule has 2 aromatic heterocycles. The third-order valence-electron chi connectivity index (χ3n) is 5.44. The van der Waals surface area contributed by atoms with Crippen molar-refractivity contribution in [3.8, 4) is 5.88 Å². The van der Waals surface area contributed by atoms with Crippen LogP contribution in [0.2, 0.25) is 0 Å². The lowest BCUT2D eigenvalue weighted by molar-refractivity contribution is 0.0904. The summed E-state index contributed by atoms with van der Waals surface area (Å²) in [6, 6.07) is 16.0. The number of fused-ring (bicyclic) bond motifs is 1. The molecule has 0 radical (unpaired) electrons. The maximum Gasteiger partial charge on any atom is 0.233 e. The second-order valence-electron chi connectivity index (χ2n) is 7.30. The predicted octanol–water partition coefficient (Wildman–Crippen LogP) is 3.94. The molecule has 0 saturated carbocycles. The molecule has 1 aliphatic heterocycles. The first-order valence-corrected chi connectivity index (χ1v) is 9.52. The Kier molecular flexibility index (Phi) is 4.84. The quantitative estimate of drug-likeness (QED) is 0.645. The number of Topliss-reactive ketones (excluding diaryl/α,β-unsaturated/α-hetero) is 1. The van der Waals surface area contributed by atoms with Gasteiger partial charge < -0.3 is 9.30 Å². The van der Waals surface area contributed by atoms with Gasteiger partial charge in [-0.2, -0.15) is 0 Å². The number of carbonyl (C=O) groups excluding carboxylic acids is 1. The van der Waals surface area contributed by atoms with Gasteiger partial charge in [-0.15, -0.1) is 5.10 Å². The fourth-order valence-electron chi connectivity index (χ4n) is 3.72. The molecule has 140 valence electrons. The van der Waals surface area contributed by atoms with Crippen molar-refractivity contribution in [1.29, 1.82) is 0 Å². The van der Waals surface area contributed by atoms with Crippen molar-refractivity contribution in [2.45, 2.75) is 39.3 Å². The molecule has 5 nitrogen and oxygen atoms in total. The molecule has 1 aromatic carbocycles. The van der Waals surface area contributed by atoms with Crippen molar-refractivity contribution in [1.82, 2.24) is 14.3 Å². The zero-order valence-corrected chi connectivity index (χ0v) is 15.9. The Hall–Kier alpha value is -2.82. The molecule has 0 amide bonds. The number of benzene rings is 1. The summed E-state index contributed by atoms with van der Waals surface area (Å²) < 4.78 is 9.86. The van der Waals surface area contributed by atoms with Gasteiger partial charge >= 0.3 is 0 Å². The van der Waals surface area contributed by atoms with Gasteiger partial charge in [-0.05, 0) is 43.9 Å². The number of ketones is 1. The van der Waals surface area contributed by atoms with E-state index in [1.807, 2.05) is 71.8 Å². The van der Waals surface area contributed by atoms with E-state index in [-0.39, 0.29) is 11.7 Å². The van der Waals surface area contributed by atoms with Crippen LogP contribution in [0.4, 0.5) is 0 Å². The second kappa shape index (κ2) is 7.43. The maximum atomic E-state index is 13.0. The van der Waals surface area contributed by atoms with Crippen LogP contribution in [0.25, 0.3) is 0 Å². The van der Waals surface area contributed by atoms with E-state index in [0.29, 0.717) is 18.9 Å². The van der Waals surface area contributed by atoms with Crippen LogP contribution < -0.4 is 4.74 Å². The van der Waals surface area contributed by atoms with E-state index in [0.717, 1.165) is 42.0 Å². The Morgan fingerprint density at radius 1 is 1.22 bits per heavy atom. The van der Waals surface area contributed by atoms with Crippen molar-refractivity contribution in [3.63, 3.8) is 0 Å². The molecular weight excluding hydrogens is 338 g/mol. The number of rotatable bonds is 5. The Morgan fingerprint density at radius 2 is 2.04 bits per heavy atom. The SMILES string of the molecule is Cc1ccc(C(=O)C2CCCn3nc(OCc4ccccc4)cc3C2)n1C. The first kappa shape index (κ1) is 17.6. The molecule has 1 aliphatic rings. The Labute approximate surface area is 159 Å². The highest BCUT2D eigenvalue weighted by Gasteiger charge is 2.27. The van der Waals surface area contributed by atoms with Crippen molar-refractivity contribution in [3.05, 3.63) is 71.2 Å². The zero-order valence-electron chi connectivity index (χ0n) is 15.9. The third kappa shape index (κ3) is 3.68. The second-order valence-corrected chi connectivity index (χ2v) is 7.30. The van der Waals surface area contributed by atoms with Crippen LogP contribution >= 0.6 is 0 Å². The average molecular weight is 363 g/mol. The first-order chi connectivity index (χ1) is 13.1. The highest BCUT2D eigenvalue weighted by Crippen LogP contribution is 2.26. The third-order valence-corrected chi connectivity index (χ3v) is 5.44. The molecule has 0 N–H and O–H groups in total. The molecule has 3 aromatic rings. The molecular formula is C22H25N3O2. The minimum absolute atomic E-state index is 0.00192. The Morgan fingerprint density at radius 3 is 2.78 bits per heavy atom. The summed E-state index contributed by atoms with van der Waals surface area (Å²) in [5.74, 6) is 0.863. The summed E-state index contributed by atoms with van der Waals surface area (Å²) in [6.45, 7) is 3.36. The van der Waals surface area contributed by atoms with Crippen molar-refractivity contribution >= 4 is 5.78 Å². The lowest BCUT2D eigenvalue weighted by Crippen LogP contribution is -2.19.